The Morgan fingerprint density at radius 1 is 1.44 bits per heavy atom. The summed E-state index contributed by atoms with van der Waals surface area (Å²) in [6.07, 6.45) is 0. The molecular weight excluding hydrogens is 166 g/mol. The molecular formula is C2H7O5P2+. The molecule has 0 saturated carbocycles. The first-order valence-corrected chi connectivity index (χ1v) is 5.41. The van der Waals surface area contributed by atoms with Crippen LogP contribution in [0.5, 0.6) is 0 Å². The smallest absolute Gasteiger partial charge is 0.272 e. The van der Waals surface area contributed by atoms with Crippen LogP contribution >= 0.6 is 15.0 Å². The molecule has 0 fully saturated rings. The Bertz CT molecular complexity index is 145. The maximum atomic E-state index is 10.7. The monoisotopic (exact) mass is 173 g/mol. The highest BCUT2D eigenvalue weighted by atomic mass is 32.1. The van der Waals surface area contributed by atoms with Gasteiger partial charge in [-0.3, -0.25) is 9.05 Å². The lowest BCUT2D eigenvalue weighted by atomic mass is 11.8. The van der Waals surface area contributed by atoms with Crippen molar-refractivity contribution < 1.29 is 23.1 Å². The minimum atomic E-state index is -3.69. The van der Waals surface area contributed by atoms with E-state index in [1.165, 1.54) is 0 Å². The van der Waals surface area contributed by atoms with E-state index in [1.54, 1.807) is 0 Å². The average molecular weight is 173 g/mol. The van der Waals surface area contributed by atoms with Crippen molar-refractivity contribution in [1.29, 1.82) is 0 Å². The number of rotatable bonds is 3. The van der Waals surface area contributed by atoms with Gasteiger partial charge < -0.3 is 0 Å². The van der Waals surface area contributed by atoms with Gasteiger partial charge in [0.2, 0.25) is 0 Å². The molecule has 1 N–H and O–H groups in total. The van der Waals surface area contributed by atoms with Crippen LogP contribution in [-0.4, -0.2) is 19.1 Å². The normalized spacial score (nSPS) is 13.4. The average Bonchev–Trinajstić information content (AvgIpc) is 1.86. The first-order valence-electron chi connectivity index (χ1n) is 1.95. The van der Waals surface area contributed by atoms with Crippen LogP contribution in [0.3, 0.4) is 0 Å². The molecule has 0 bridgehead atoms. The standard InChI is InChI=1S/C2H6O5P2/c1-6-9(5,7-2)8(3)4/h1-2H3/p+1. The SMILES string of the molecule is COP(=O)(OC)[P+](=O)O. The van der Waals surface area contributed by atoms with Crippen molar-refractivity contribution in [2.24, 2.45) is 0 Å². The Labute approximate surface area is 53.3 Å². The Hall–Kier alpha value is 0.210. The molecule has 0 aromatic carbocycles. The van der Waals surface area contributed by atoms with Crippen LogP contribution in [0.1, 0.15) is 0 Å². The first-order chi connectivity index (χ1) is 4.06. The highest BCUT2D eigenvalue weighted by molar-refractivity contribution is 8.20. The van der Waals surface area contributed by atoms with Gasteiger partial charge in [-0.1, -0.05) is 0 Å². The van der Waals surface area contributed by atoms with Crippen molar-refractivity contribution in [1.82, 2.24) is 0 Å². The van der Waals surface area contributed by atoms with E-state index in [-0.39, 0.29) is 0 Å². The molecule has 0 saturated heterocycles. The fourth-order valence-corrected chi connectivity index (χ4v) is 1.48. The Morgan fingerprint density at radius 3 is 1.78 bits per heavy atom. The molecule has 0 rings (SSSR count). The lowest BCUT2D eigenvalue weighted by Gasteiger charge is -1.95. The summed E-state index contributed by atoms with van der Waals surface area (Å²) in [5, 5.41) is 0. The van der Waals surface area contributed by atoms with E-state index >= 15 is 0 Å². The Morgan fingerprint density at radius 2 is 1.78 bits per heavy atom. The largest absolute Gasteiger partial charge is 0.620 e. The molecule has 54 valence electrons. The molecule has 0 aliphatic rings. The van der Waals surface area contributed by atoms with Crippen LogP contribution in [0.25, 0.3) is 0 Å². The summed E-state index contributed by atoms with van der Waals surface area (Å²) in [7, 11) is -4.47. The zero-order chi connectivity index (χ0) is 7.49. The van der Waals surface area contributed by atoms with E-state index in [4.69, 9.17) is 4.89 Å². The topological polar surface area (TPSA) is 72.8 Å². The second kappa shape index (κ2) is 3.40. The van der Waals surface area contributed by atoms with Gasteiger partial charge in [-0.25, -0.2) is 4.57 Å². The summed E-state index contributed by atoms with van der Waals surface area (Å²) in [6.45, 7) is 0. The molecule has 0 aliphatic heterocycles. The molecule has 1 atom stereocenters. The molecule has 0 amide bonds. The van der Waals surface area contributed by atoms with Crippen LogP contribution < -0.4 is 0 Å². The van der Waals surface area contributed by atoms with Crippen molar-refractivity contribution >= 4 is 15.0 Å². The van der Waals surface area contributed by atoms with Crippen molar-refractivity contribution in [2.45, 2.75) is 0 Å². The highest BCUT2D eigenvalue weighted by Crippen LogP contribution is 2.66. The van der Waals surface area contributed by atoms with Crippen LogP contribution in [0.2, 0.25) is 0 Å². The van der Waals surface area contributed by atoms with Gasteiger partial charge in [-0.15, -0.1) is 0 Å². The summed E-state index contributed by atoms with van der Waals surface area (Å²) in [6, 6.07) is 0. The third-order valence-corrected chi connectivity index (χ3v) is 4.25. The van der Waals surface area contributed by atoms with E-state index in [0.717, 1.165) is 14.2 Å². The third-order valence-electron chi connectivity index (χ3n) is 0.671. The lowest BCUT2D eigenvalue weighted by molar-refractivity contribution is 0.288. The first kappa shape index (κ1) is 9.21. The zero-order valence-electron chi connectivity index (χ0n) is 4.97. The molecule has 0 aliphatic carbocycles. The zero-order valence-corrected chi connectivity index (χ0v) is 6.76. The van der Waals surface area contributed by atoms with Crippen molar-refractivity contribution in [3.05, 3.63) is 0 Å². The summed E-state index contributed by atoms with van der Waals surface area (Å²) in [5.74, 6) is 0. The Balaban J connectivity index is 4.30. The molecule has 7 heteroatoms. The summed E-state index contributed by atoms with van der Waals surface area (Å²) in [5.41, 5.74) is 0. The highest BCUT2D eigenvalue weighted by Gasteiger charge is 2.46. The van der Waals surface area contributed by atoms with Gasteiger partial charge in [0, 0.05) is 14.2 Å². The van der Waals surface area contributed by atoms with Gasteiger partial charge in [0.1, 0.15) is 0 Å². The van der Waals surface area contributed by atoms with Crippen molar-refractivity contribution in [3.63, 3.8) is 0 Å². The molecule has 9 heavy (non-hydrogen) atoms. The quantitative estimate of drug-likeness (QED) is 0.647. The summed E-state index contributed by atoms with van der Waals surface area (Å²) >= 11 is 0. The molecule has 5 nitrogen and oxygen atoms in total. The Kier molecular flexibility index (Phi) is 3.48. The minimum Gasteiger partial charge on any atom is -0.272 e. The fourth-order valence-electron chi connectivity index (χ4n) is 0.214. The summed E-state index contributed by atoms with van der Waals surface area (Å²) < 4.78 is 29.1. The maximum absolute atomic E-state index is 10.7. The molecule has 0 aromatic heterocycles. The van der Waals surface area contributed by atoms with Gasteiger partial charge in [0.05, 0.1) is 0 Å². The van der Waals surface area contributed by atoms with E-state index < -0.39 is 15.0 Å². The predicted octanol–water partition coefficient (Wildman–Crippen LogP) is 1.12. The summed E-state index contributed by atoms with van der Waals surface area (Å²) in [4.78, 5) is 8.27. The fraction of sp³-hybridized carbons (Fsp3) is 1.00. The van der Waals surface area contributed by atoms with Crippen molar-refractivity contribution in [2.75, 3.05) is 14.2 Å². The van der Waals surface area contributed by atoms with Gasteiger partial charge in [-0.2, -0.15) is 4.89 Å². The van der Waals surface area contributed by atoms with Gasteiger partial charge in [-0.05, 0) is 4.57 Å². The molecule has 1 unspecified atom stereocenters. The number of hydrogen-bond donors (Lipinski definition) is 1. The minimum absolute atomic E-state index is 1.05. The second-order valence-electron chi connectivity index (χ2n) is 1.09. The van der Waals surface area contributed by atoms with Gasteiger partial charge in [0.25, 0.3) is 0 Å². The lowest BCUT2D eigenvalue weighted by Crippen LogP contribution is -1.81. The molecule has 0 radical (unpaired) electrons. The maximum Gasteiger partial charge on any atom is 0.620 e. The second-order valence-corrected chi connectivity index (χ2v) is 5.76. The van der Waals surface area contributed by atoms with Crippen LogP contribution in [0, 0.1) is 0 Å². The third kappa shape index (κ3) is 2.12. The van der Waals surface area contributed by atoms with Crippen molar-refractivity contribution in [3.8, 4) is 0 Å². The molecule has 0 spiro atoms. The van der Waals surface area contributed by atoms with Crippen LogP contribution in [0.4, 0.5) is 0 Å². The van der Waals surface area contributed by atoms with E-state index in [2.05, 4.69) is 9.05 Å². The van der Waals surface area contributed by atoms with Crippen LogP contribution in [-0.2, 0) is 18.2 Å². The van der Waals surface area contributed by atoms with Gasteiger partial charge >= 0.3 is 15.0 Å². The molecule has 0 aromatic rings. The predicted molar refractivity (Wildman–Crippen MR) is 31.4 cm³/mol. The van der Waals surface area contributed by atoms with E-state index in [1.807, 2.05) is 0 Å². The van der Waals surface area contributed by atoms with Gasteiger partial charge in [0.15, 0.2) is 0 Å². The number of hydrogen-bond acceptors (Lipinski definition) is 4. The van der Waals surface area contributed by atoms with Crippen LogP contribution in [0.15, 0.2) is 0 Å². The van der Waals surface area contributed by atoms with E-state index in [9.17, 15) is 9.13 Å². The van der Waals surface area contributed by atoms with E-state index in [0.29, 0.717) is 0 Å². The molecule has 0 heterocycles.